The first-order chi connectivity index (χ1) is 9.33. The van der Waals surface area contributed by atoms with E-state index in [1.54, 1.807) is 6.92 Å². The van der Waals surface area contributed by atoms with Crippen molar-refractivity contribution in [1.29, 1.82) is 0 Å². The van der Waals surface area contributed by atoms with Crippen LogP contribution in [0.5, 0.6) is 0 Å². The molecule has 0 aliphatic heterocycles. The molecule has 0 spiro atoms. The van der Waals surface area contributed by atoms with Crippen molar-refractivity contribution in [2.75, 3.05) is 0 Å². The van der Waals surface area contributed by atoms with Gasteiger partial charge in [-0.05, 0) is 56.1 Å². The van der Waals surface area contributed by atoms with Crippen molar-refractivity contribution in [1.82, 2.24) is 0 Å². The Labute approximate surface area is 120 Å². The molecule has 0 radical (unpaired) electrons. The monoisotopic (exact) mass is 282 g/mol. The SMILES string of the molecule is Cc1ccc(F)c(C2(O)CCCC(CC(C)C)C2)c1F. The van der Waals surface area contributed by atoms with Crippen LogP contribution in [0, 0.1) is 30.4 Å². The number of benzene rings is 1. The topological polar surface area (TPSA) is 20.2 Å². The molecule has 20 heavy (non-hydrogen) atoms. The van der Waals surface area contributed by atoms with Gasteiger partial charge in [-0.25, -0.2) is 8.78 Å². The zero-order valence-corrected chi connectivity index (χ0v) is 12.5. The van der Waals surface area contributed by atoms with E-state index in [0.29, 0.717) is 30.2 Å². The molecule has 1 N–H and O–H groups in total. The van der Waals surface area contributed by atoms with E-state index in [1.165, 1.54) is 12.1 Å². The second-order valence-corrected chi connectivity index (χ2v) is 6.68. The molecule has 0 bridgehead atoms. The smallest absolute Gasteiger partial charge is 0.135 e. The van der Waals surface area contributed by atoms with E-state index < -0.39 is 17.2 Å². The summed E-state index contributed by atoms with van der Waals surface area (Å²) in [6.45, 7) is 5.89. The van der Waals surface area contributed by atoms with Crippen LogP contribution in [0.1, 0.15) is 57.1 Å². The molecule has 1 saturated carbocycles. The van der Waals surface area contributed by atoms with E-state index in [-0.39, 0.29) is 5.56 Å². The number of halogens is 2. The molecule has 1 aliphatic carbocycles. The van der Waals surface area contributed by atoms with Gasteiger partial charge < -0.3 is 5.11 Å². The lowest BCUT2D eigenvalue weighted by molar-refractivity contribution is -0.0301. The highest BCUT2D eigenvalue weighted by Gasteiger charge is 2.40. The molecule has 1 fully saturated rings. The van der Waals surface area contributed by atoms with Crippen LogP contribution < -0.4 is 0 Å². The van der Waals surface area contributed by atoms with Gasteiger partial charge in [0.15, 0.2) is 0 Å². The molecule has 0 amide bonds. The van der Waals surface area contributed by atoms with Gasteiger partial charge in [0.2, 0.25) is 0 Å². The van der Waals surface area contributed by atoms with Crippen LogP contribution in [-0.4, -0.2) is 5.11 Å². The van der Waals surface area contributed by atoms with Crippen LogP contribution in [-0.2, 0) is 5.60 Å². The minimum Gasteiger partial charge on any atom is -0.385 e. The molecule has 3 heteroatoms. The van der Waals surface area contributed by atoms with Gasteiger partial charge in [0, 0.05) is 0 Å². The summed E-state index contributed by atoms with van der Waals surface area (Å²) in [6, 6.07) is 2.68. The zero-order chi connectivity index (χ0) is 14.9. The molecule has 1 aromatic rings. The first-order valence-corrected chi connectivity index (χ1v) is 7.51. The average Bonchev–Trinajstić information content (AvgIpc) is 2.33. The van der Waals surface area contributed by atoms with Crippen LogP contribution in [0.3, 0.4) is 0 Å². The summed E-state index contributed by atoms with van der Waals surface area (Å²) in [5, 5.41) is 10.8. The van der Waals surface area contributed by atoms with E-state index in [1.807, 2.05) is 0 Å². The zero-order valence-electron chi connectivity index (χ0n) is 12.5. The number of aliphatic hydroxyl groups is 1. The Morgan fingerprint density at radius 1 is 1.35 bits per heavy atom. The van der Waals surface area contributed by atoms with Gasteiger partial charge in [-0.3, -0.25) is 0 Å². The molecular formula is C17H24F2O. The maximum Gasteiger partial charge on any atom is 0.135 e. The van der Waals surface area contributed by atoms with Crippen molar-refractivity contribution in [2.45, 2.75) is 58.5 Å². The number of aryl methyl sites for hydroxylation is 1. The van der Waals surface area contributed by atoms with Gasteiger partial charge in [-0.15, -0.1) is 0 Å². The van der Waals surface area contributed by atoms with Crippen molar-refractivity contribution in [2.24, 2.45) is 11.8 Å². The first-order valence-electron chi connectivity index (χ1n) is 7.51. The second-order valence-electron chi connectivity index (χ2n) is 6.68. The molecule has 0 heterocycles. The average molecular weight is 282 g/mol. The third-order valence-corrected chi connectivity index (χ3v) is 4.38. The van der Waals surface area contributed by atoms with Gasteiger partial charge in [0.1, 0.15) is 11.6 Å². The Morgan fingerprint density at radius 2 is 2.05 bits per heavy atom. The lowest BCUT2D eigenvalue weighted by Gasteiger charge is -2.38. The minimum absolute atomic E-state index is 0.119. The van der Waals surface area contributed by atoms with Gasteiger partial charge in [-0.2, -0.15) is 0 Å². The lowest BCUT2D eigenvalue weighted by atomic mass is 9.71. The first kappa shape index (κ1) is 15.4. The summed E-state index contributed by atoms with van der Waals surface area (Å²) < 4.78 is 28.3. The molecule has 0 saturated heterocycles. The summed E-state index contributed by atoms with van der Waals surface area (Å²) in [7, 11) is 0. The highest BCUT2D eigenvalue weighted by molar-refractivity contribution is 5.32. The van der Waals surface area contributed by atoms with Gasteiger partial charge >= 0.3 is 0 Å². The molecule has 2 atom stereocenters. The summed E-state index contributed by atoms with van der Waals surface area (Å²) in [6.07, 6.45) is 3.76. The van der Waals surface area contributed by atoms with Crippen molar-refractivity contribution >= 4 is 0 Å². The summed E-state index contributed by atoms with van der Waals surface area (Å²) in [5.41, 5.74) is -1.08. The quantitative estimate of drug-likeness (QED) is 0.852. The molecule has 112 valence electrons. The minimum atomic E-state index is -1.35. The van der Waals surface area contributed by atoms with Gasteiger partial charge in [0.05, 0.1) is 11.2 Å². The normalized spacial score (nSPS) is 27.1. The fourth-order valence-electron chi connectivity index (χ4n) is 3.54. The maximum absolute atomic E-state index is 14.3. The number of hydrogen-bond donors (Lipinski definition) is 1. The summed E-state index contributed by atoms with van der Waals surface area (Å²) >= 11 is 0. The van der Waals surface area contributed by atoms with Crippen LogP contribution in [0.2, 0.25) is 0 Å². The Morgan fingerprint density at radius 3 is 2.70 bits per heavy atom. The van der Waals surface area contributed by atoms with Crippen molar-refractivity contribution in [3.63, 3.8) is 0 Å². The molecule has 1 aliphatic rings. The van der Waals surface area contributed by atoms with E-state index in [0.717, 1.165) is 19.3 Å². The third-order valence-electron chi connectivity index (χ3n) is 4.38. The predicted octanol–water partition coefficient (Wildman–Crippen LogP) is 4.70. The fourth-order valence-corrected chi connectivity index (χ4v) is 3.54. The second kappa shape index (κ2) is 5.80. The molecule has 1 aromatic carbocycles. The van der Waals surface area contributed by atoms with Gasteiger partial charge in [0.25, 0.3) is 0 Å². The third kappa shape index (κ3) is 3.03. The Hall–Kier alpha value is -0.960. The predicted molar refractivity (Wildman–Crippen MR) is 76.4 cm³/mol. The summed E-state index contributed by atoms with van der Waals surface area (Å²) in [4.78, 5) is 0. The molecule has 2 rings (SSSR count). The standard InChI is InChI=1S/C17H24F2O/c1-11(2)9-13-5-4-8-17(20,10-13)15-14(18)7-6-12(3)16(15)19/h6-7,11,13,20H,4-5,8-10H2,1-3H3. The molecular weight excluding hydrogens is 258 g/mol. The van der Waals surface area contributed by atoms with Crippen molar-refractivity contribution < 1.29 is 13.9 Å². The Kier molecular flexibility index (Phi) is 4.48. The van der Waals surface area contributed by atoms with Gasteiger partial charge in [-0.1, -0.05) is 26.3 Å². The lowest BCUT2D eigenvalue weighted by Crippen LogP contribution is -2.35. The molecule has 1 nitrogen and oxygen atoms in total. The Bertz CT molecular complexity index is 484. The van der Waals surface area contributed by atoms with E-state index >= 15 is 0 Å². The van der Waals surface area contributed by atoms with Crippen LogP contribution >= 0.6 is 0 Å². The van der Waals surface area contributed by atoms with Crippen LogP contribution in [0.15, 0.2) is 12.1 Å². The highest BCUT2D eigenvalue weighted by Crippen LogP contribution is 2.44. The Balaban J connectivity index is 2.33. The highest BCUT2D eigenvalue weighted by atomic mass is 19.1. The molecule has 0 aromatic heterocycles. The van der Waals surface area contributed by atoms with Crippen LogP contribution in [0.4, 0.5) is 8.78 Å². The van der Waals surface area contributed by atoms with E-state index in [2.05, 4.69) is 13.8 Å². The largest absolute Gasteiger partial charge is 0.385 e. The summed E-state index contributed by atoms with van der Waals surface area (Å²) in [5.74, 6) is -0.332. The van der Waals surface area contributed by atoms with Crippen molar-refractivity contribution in [3.05, 3.63) is 34.9 Å². The number of rotatable bonds is 3. The molecule has 2 unspecified atom stereocenters. The number of hydrogen-bond acceptors (Lipinski definition) is 1. The van der Waals surface area contributed by atoms with E-state index in [9.17, 15) is 13.9 Å². The fraction of sp³-hybridized carbons (Fsp3) is 0.647. The maximum atomic E-state index is 14.3. The van der Waals surface area contributed by atoms with E-state index in [4.69, 9.17) is 0 Å². The van der Waals surface area contributed by atoms with Crippen molar-refractivity contribution in [3.8, 4) is 0 Å². The van der Waals surface area contributed by atoms with Crippen LogP contribution in [0.25, 0.3) is 0 Å².